The van der Waals surface area contributed by atoms with Crippen LogP contribution in [0.5, 0.6) is 0 Å². The van der Waals surface area contributed by atoms with Gasteiger partial charge in [0.05, 0.1) is 12.3 Å². The number of hydrogen-bond donors (Lipinski definition) is 0. The lowest BCUT2D eigenvalue weighted by Gasteiger charge is -2.07. The van der Waals surface area contributed by atoms with Crippen LogP contribution in [0.2, 0.25) is 0 Å². The van der Waals surface area contributed by atoms with Crippen molar-refractivity contribution in [1.29, 1.82) is 0 Å². The fraction of sp³-hybridized carbons (Fsp3) is 0.500. The van der Waals surface area contributed by atoms with Crippen LogP contribution in [0.25, 0.3) is 5.69 Å². The van der Waals surface area contributed by atoms with E-state index in [0.717, 1.165) is 55.4 Å². The number of aromatic nitrogens is 4. The van der Waals surface area contributed by atoms with Crippen molar-refractivity contribution < 1.29 is 4.74 Å². The Bertz CT molecular complexity index is 695. The Kier molecular flexibility index (Phi) is 4.86. The molecule has 0 aliphatic carbocycles. The maximum absolute atomic E-state index is 5.49. The van der Waals surface area contributed by atoms with E-state index in [2.05, 4.69) is 31.8 Å². The summed E-state index contributed by atoms with van der Waals surface area (Å²) in [6.45, 7) is 7.84. The fourth-order valence-electron chi connectivity index (χ4n) is 2.82. The van der Waals surface area contributed by atoms with Crippen LogP contribution in [0, 0.1) is 6.92 Å². The monoisotopic (exact) mass is 312 g/mol. The van der Waals surface area contributed by atoms with Gasteiger partial charge < -0.3 is 4.74 Å². The summed E-state index contributed by atoms with van der Waals surface area (Å²) in [6.07, 6.45) is 8.79. The van der Waals surface area contributed by atoms with Crippen LogP contribution in [-0.4, -0.2) is 33.0 Å². The molecule has 1 aliphatic heterocycles. The maximum atomic E-state index is 5.49. The van der Waals surface area contributed by atoms with E-state index in [1.54, 1.807) is 0 Å². The normalized spacial score (nSPS) is 17.4. The molecule has 0 amide bonds. The van der Waals surface area contributed by atoms with Crippen molar-refractivity contribution in [3.63, 3.8) is 0 Å². The minimum atomic E-state index is 0.320. The van der Waals surface area contributed by atoms with E-state index < -0.39 is 0 Å². The summed E-state index contributed by atoms with van der Waals surface area (Å²) in [4.78, 5) is 9.01. The third-order valence-electron chi connectivity index (χ3n) is 4.12. The molecule has 5 heteroatoms. The van der Waals surface area contributed by atoms with Crippen LogP contribution < -0.4 is 0 Å². The van der Waals surface area contributed by atoms with Crippen LogP contribution in [0.15, 0.2) is 30.1 Å². The van der Waals surface area contributed by atoms with Crippen LogP contribution in [0.1, 0.15) is 49.8 Å². The van der Waals surface area contributed by atoms with E-state index in [-0.39, 0.29) is 0 Å². The topological polar surface area (TPSA) is 52.8 Å². The van der Waals surface area contributed by atoms with Gasteiger partial charge in [-0.2, -0.15) is 5.10 Å². The molecule has 5 nitrogen and oxygen atoms in total. The van der Waals surface area contributed by atoms with Crippen molar-refractivity contribution in [2.75, 3.05) is 13.2 Å². The average Bonchev–Trinajstić information content (AvgIpc) is 3.16. The minimum absolute atomic E-state index is 0.320. The molecule has 3 rings (SSSR count). The van der Waals surface area contributed by atoms with Gasteiger partial charge in [-0.15, -0.1) is 0 Å². The van der Waals surface area contributed by atoms with Crippen LogP contribution in [-0.2, 0) is 11.2 Å². The van der Waals surface area contributed by atoms with Crippen LogP contribution in [0.3, 0.4) is 0 Å². The van der Waals surface area contributed by atoms with E-state index >= 15 is 0 Å². The zero-order valence-corrected chi connectivity index (χ0v) is 14.1. The van der Waals surface area contributed by atoms with E-state index in [0.29, 0.717) is 5.92 Å². The first-order valence-electron chi connectivity index (χ1n) is 8.23. The van der Waals surface area contributed by atoms with Gasteiger partial charge in [-0.05, 0) is 45.2 Å². The van der Waals surface area contributed by atoms with Crippen molar-refractivity contribution in [2.45, 2.75) is 46.0 Å². The molecular weight excluding hydrogens is 288 g/mol. The van der Waals surface area contributed by atoms with Gasteiger partial charge >= 0.3 is 0 Å². The molecule has 0 radical (unpaired) electrons. The summed E-state index contributed by atoms with van der Waals surface area (Å²) < 4.78 is 7.48. The van der Waals surface area contributed by atoms with E-state index in [1.807, 2.05) is 23.1 Å². The molecule has 122 valence electrons. The lowest BCUT2D eigenvalue weighted by Crippen LogP contribution is -2.06. The van der Waals surface area contributed by atoms with Gasteiger partial charge in [0.2, 0.25) is 0 Å². The van der Waals surface area contributed by atoms with Gasteiger partial charge in [0.15, 0.2) is 5.82 Å². The Morgan fingerprint density at radius 1 is 1.43 bits per heavy atom. The molecule has 1 unspecified atom stereocenters. The predicted molar refractivity (Wildman–Crippen MR) is 89.8 cm³/mol. The molecule has 2 aromatic heterocycles. The van der Waals surface area contributed by atoms with Gasteiger partial charge in [0.1, 0.15) is 5.82 Å². The highest BCUT2D eigenvalue weighted by molar-refractivity contribution is 5.37. The van der Waals surface area contributed by atoms with Gasteiger partial charge in [-0.25, -0.2) is 9.67 Å². The Balaban J connectivity index is 1.94. The standard InChI is InChI=1S/C18H24N4O/c1-13(2)5-4-6-17-20-18(15-8-10-23-12-15)21-22(17)16-7-9-19-11-14(16)3/h5,7,9,11,15H,4,6,8,10,12H2,1-3H3. The molecule has 0 saturated carbocycles. The number of allylic oxidation sites excluding steroid dienone is 2. The summed E-state index contributed by atoms with van der Waals surface area (Å²) in [6, 6.07) is 2.00. The van der Waals surface area contributed by atoms with Crippen molar-refractivity contribution in [3.05, 3.63) is 47.3 Å². The number of rotatable bonds is 5. The Morgan fingerprint density at radius 2 is 2.30 bits per heavy atom. The lowest BCUT2D eigenvalue weighted by atomic mass is 10.1. The Hall–Kier alpha value is -2.01. The zero-order valence-electron chi connectivity index (χ0n) is 14.1. The molecular formula is C18H24N4O. The molecule has 1 aliphatic rings. The second-order valence-electron chi connectivity index (χ2n) is 6.34. The van der Waals surface area contributed by atoms with E-state index in [1.165, 1.54) is 5.57 Å². The third-order valence-corrected chi connectivity index (χ3v) is 4.12. The maximum Gasteiger partial charge on any atom is 0.156 e. The molecule has 1 atom stereocenters. The highest BCUT2D eigenvalue weighted by Gasteiger charge is 2.24. The number of ether oxygens (including phenoxy) is 1. The van der Waals surface area contributed by atoms with Gasteiger partial charge in [-0.3, -0.25) is 4.98 Å². The first kappa shape index (κ1) is 15.9. The minimum Gasteiger partial charge on any atom is -0.381 e. The molecule has 1 fully saturated rings. The molecule has 0 bridgehead atoms. The second-order valence-corrected chi connectivity index (χ2v) is 6.34. The molecule has 0 aromatic carbocycles. The van der Waals surface area contributed by atoms with Crippen molar-refractivity contribution in [3.8, 4) is 5.69 Å². The number of aryl methyl sites for hydroxylation is 2. The zero-order chi connectivity index (χ0) is 16.2. The number of hydrogen-bond acceptors (Lipinski definition) is 4. The van der Waals surface area contributed by atoms with Crippen LogP contribution in [0.4, 0.5) is 0 Å². The first-order valence-corrected chi connectivity index (χ1v) is 8.23. The molecule has 1 saturated heterocycles. The van der Waals surface area contributed by atoms with Crippen molar-refractivity contribution >= 4 is 0 Å². The van der Waals surface area contributed by atoms with Gasteiger partial charge in [0.25, 0.3) is 0 Å². The molecule has 3 heterocycles. The number of nitrogens with zero attached hydrogens (tertiary/aromatic N) is 4. The molecule has 0 N–H and O–H groups in total. The van der Waals surface area contributed by atoms with Gasteiger partial charge in [0, 0.05) is 31.3 Å². The highest BCUT2D eigenvalue weighted by atomic mass is 16.5. The number of pyridine rings is 1. The highest BCUT2D eigenvalue weighted by Crippen LogP contribution is 2.24. The lowest BCUT2D eigenvalue weighted by molar-refractivity contribution is 0.193. The second kappa shape index (κ2) is 7.04. The summed E-state index contributed by atoms with van der Waals surface area (Å²) in [7, 11) is 0. The van der Waals surface area contributed by atoms with E-state index in [9.17, 15) is 0 Å². The Morgan fingerprint density at radius 3 is 3.00 bits per heavy atom. The fourth-order valence-corrected chi connectivity index (χ4v) is 2.82. The SMILES string of the molecule is CC(C)=CCCc1nc(C2CCOC2)nn1-c1ccncc1C. The Labute approximate surface area is 137 Å². The van der Waals surface area contributed by atoms with Crippen molar-refractivity contribution in [1.82, 2.24) is 19.7 Å². The molecule has 23 heavy (non-hydrogen) atoms. The quantitative estimate of drug-likeness (QED) is 0.794. The average molecular weight is 312 g/mol. The largest absolute Gasteiger partial charge is 0.381 e. The summed E-state index contributed by atoms with van der Waals surface area (Å²) in [5.74, 6) is 2.24. The van der Waals surface area contributed by atoms with E-state index in [4.69, 9.17) is 14.8 Å². The molecule has 2 aromatic rings. The van der Waals surface area contributed by atoms with Gasteiger partial charge in [-0.1, -0.05) is 11.6 Å². The summed E-state index contributed by atoms with van der Waals surface area (Å²) in [5.41, 5.74) is 3.50. The first-order chi connectivity index (χ1) is 11.1. The van der Waals surface area contributed by atoms with Crippen LogP contribution >= 0.6 is 0 Å². The summed E-state index contributed by atoms with van der Waals surface area (Å²) >= 11 is 0. The predicted octanol–water partition coefficient (Wildman–Crippen LogP) is 3.37. The smallest absolute Gasteiger partial charge is 0.156 e. The summed E-state index contributed by atoms with van der Waals surface area (Å²) in [5, 5.41) is 4.80. The van der Waals surface area contributed by atoms with Crippen molar-refractivity contribution in [2.24, 2.45) is 0 Å². The third kappa shape index (κ3) is 3.67. The molecule has 0 spiro atoms.